The van der Waals surface area contributed by atoms with E-state index in [0.29, 0.717) is 13.1 Å². The van der Waals surface area contributed by atoms with Crippen LogP contribution in [0.25, 0.3) is 0 Å². The maximum absolute atomic E-state index is 11.0. The number of hydrogen-bond acceptors (Lipinski definition) is 2. The van der Waals surface area contributed by atoms with Crippen LogP contribution in [0, 0.1) is 0 Å². The number of hydrogen-bond donors (Lipinski definition) is 1. The largest absolute Gasteiger partial charge is 0.465 e. The Hall–Kier alpha value is -1.55. The number of benzene rings is 1. The fraction of sp³-hybridized carbons (Fsp3) is 0.533. The second kappa shape index (κ2) is 4.85. The Bertz CT molecular complexity index is 497. The van der Waals surface area contributed by atoms with Crippen molar-refractivity contribution < 1.29 is 9.90 Å². The molecule has 0 saturated heterocycles. The van der Waals surface area contributed by atoms with Crippen LogP contribution in [0.1, 0.15) is 29.5 Å². The highest BCUT2D eigenvalue weighted by atomic mass is 16.4. The van der Waals surface area contributed by atoms with Crippen LogP contribution in [-0.2, 0) is 19.5 Å². The summed E-state index contributed by atoms with van der Waals surface area (Å²) in [5, 5.41) is 9.08. The minimum atomic E-state index is -0.814. The van der Waals surface area contributed by atoms with E-state index in [4.69, 9.17) is 5.11 Å². The van der Waals surface area contributed by atoms with Gasteiger partial charge in [0.2, 0.25) is 0 Å². The second-order valence-corrected chi connectivity index (χ2v) is 5.66. The molecule has 1 amide bonds. The van der Waals surface area contributed by atoms with E-state index >= 15 is 0 Å². The van der Waals surface area contributed by atoms with Gasteiger partial charge in [0.05, 0.1) is 0 Å². The van der Waals surface area contributed by atoms with Gasteiger partial charge < -0.3 is 10.0 Å². The van der Waals surface area contributed by atoms with Crippen molar-refractivity contribution in [3.8, 4) is 0 Å². The van der Waals surface area contributed by atoms with Crippen LogP contribution in [0.5, 0.6) is 0 Å². The summed E-state index contributed by atoms with van der Waals surface area (Å²) in [6.07, 6.45) is 2.67. The molecule has 4 nitrogen and oxygen atoms in total. The first-order chi connectivity index (χ1) is 9.15. The van der Waals surface area contributed by atoms with Gasteiger partial charge in [0.25, 0.3) is 0 Å². The Kier molecular flexibility index (Phi) is 3.19. The van der Waals surface area contributed by atoms with E-state index in [1.807, 2.05) is 0 Å². The lowest BCUT2D eigenvalue weighted by Gasteiger charge is -2.29. The maximum Gasteiger partial charge on any atom is 0.407 e. The van der Waals surface area contributed by atoms with Crippen molar-refractivity contribution in [2.24, 2.45) is 0 Å². The molecule has 0 spiro atoms. The number of amides is 1. The summed E-state index contributed by atoms with van der Waals surface area (Å²) < 4.78 is 0. The molecule has 0 bridgehead atoms. The third-order valence-corrected chi connectivity index (χ3v) is 4.22. The average molecular weight is 260 g/mol. The van der Waals surface area contributed by atoms with Gasteiger partial charge in [0.15, 0.2) is 0 Å². The van der Waals surface area contributed by atoms with Crippen molar-refractivity contribution >= 4 is 6.09 Å². The monoisotopic (exact) mass is 260 g/mol. The Morgan fingerprint density at radius 1 is 1.47 bits per heavy atom. The summed E-state index contributed by atoms with van der Waals surface area (Å²) >= 11 is 0. The Balaban J connectivity index is 1.79. The van der Waals surface area contributed by atoms with Gasteiger partial charge in [-0.3, -0.25) is 4.90 Å². The van der Waals surface area contributed by atoms with Crippen molar-refractivity contribution in [2.45, 2.75) is 38.4 Å². The van der Waals surface area contributed by atoms with Crippen molar-refractivity contribution in [2.75, 3.05) is 13.6 Å². The summed E-state index contributed by atoms with van der Waals surface area (Å²) in [4.78, 5) is 15.0. The van der Waals surface area contributed by atoms with E-state index < -0.39 is 6.09 Å². The summed E-state index contributed by atoms with van der Waals surface area (Å²) in [5.74, 6) is 0. The number of nitrogens with zero attached hydrogens (tertiary/aromatic N) is 2. The topological polar surface area (TPSA) is 43.8 Å². The second-order valence-electron chi connectivity index (χ2n) is 5.66. The molecule has 4 heteroatoms. The normalized spacial score (nSPS) is 18.5. The predicted molar refractivity (Wildman–Crippen MR) is 73.1 cm³/mol. The van der Waals surface area contributed by atoms with Crippen LogP contribution in [0.3, 0.4) is 0 Å². The van der Waals surface area contributed by atoms with Gasteiger partial charge in [-0.25, -0.2) is 4.79 Å². The van der Waals surface area contributed by atoms with Gasteiger partial charge in [-0.1, -0.05) is 18.2 Å². The van der Waals surface area contributed by atoms with Crippen molar-refractivity contribution in [3.05, 3.63) is 34.9 Å². The molecule has 19 heavy (non-hydrogen) atoms. The van der Waals surface area contributed by atoms with Gasteiger partial charge in [0.1, 0.15) is 0 Å². The van der Waals surface area contributed by atoms with Crippen LogP contribution in [0.2, 0.25) is 0 Å². The van der Waals surface area contributed by atoms with Crippen LogP contribution >= 0.6 is 0 Å². The van der Waals surface area contributed by atoms with E-state index in [1.165, 1.54) is 34.4 Å². The summed E-state index contributed by atoms with van der Waals surface area (Å²) in [6.45, 7) is 2.14. The molecule has 1 saturated carbocycles. The highest BCUT2D eigenvalue weighted by Crippen LogP contribution is 2.29. The molecule has 0 aromatic heterocycles. The van der Waals surface area contributed by atoms with Gasteiger partial charge >= 0.3 is 6.09 Å². The summed E-state index contributed by atoms with van der Waals surface area (Å²) in [5.41, 5.74) is 3.92. The molecule has 3 rings (SSSR count). The zero-order chi connectivity index (χ0) is 13.4. The summed E-state index contributed by atoms with van der Waals surface area (Å²) in [6, 6.07) is 7.06. The zero-order valence-electron chi connectivity index (χ0n) is 11.3. The van der Waals surface area contributed by atoms with Crippen LogP contribution in [0.15, 0.2) is 18.2 Å². The highest BCUT2D eigenvalue weighted by molar-refractivity contribution is 5.65. The Labute approximate surface area is 113 Å². The molecule has 1 N–H and O–H groups in total. The molecule has 1 aliphatic carbocycles. The van der Waals surface area contributed by atoms with Crippen molar-refractivity contribution in [3.63, 3.8) is 0 Å². The molecular weight excluding hydrogens is 240 g/mol. The molecule has 1 aromatic rings. The first kappa shape index (κ1) is 12.5. The predicted octanol–water partition coefficient (Wildman–Crippen LogP) is 2.32. The van der Waals surface area contributed by atoms with Crippen LogP contribution in [0.4, 0.5) is 4.79 Å². The molecule has 0 unspecified atom stereocenters. The van der Waals surface area contributed by atoms with Crippen LogP contribution in [-0.4, -0.2) is 40.6 Å². The molecule has 102 valence electrons. The first-order valence-electron chi connectivity index (χ1n) is 6.93. The maximum atomic E-state index is 11.0. The first-order valence-corrected chi connectivity index (χ1v) is 6.93. The quantitative estimate of drug-likeness (QED) is 0.907. The molecule has 2 aliphatic rings. The van der Waals surface area contributed by atoms with Gasteiger partial charge in [-0.05, 0) is 43.0 Å². The lowest BCUT2D eigenvalue weighted by Crippen LogP contribution is -2.35. The molecule has 0 atom stereocenters. The molecule has 1 aliphatic heterocycles. The lowest BCUT2D eigenvalue weighted by atomic mass is 9.94. The SMILES string of the molecule is CN(Cc1cccc2c1CCN(C(=O)O)C2)C1CC1. The van der Waals surface area contributed by atoms with Gasteiger partial charge in [-0.2, -0.15) is 0 Å². The molecule has 1 fully saturated rings. The van der Waals surface area contributed by atoms with Gasteiger partial charge in [-0.15, -0.1) is 0 Å². The smallest absolute Gasteiger partial charge is 0.407 e. The van der Waals surface area contributed by atoms with Gasteiger partial charge in [0, 0.05) is 25.7 Å². The zero-order valence-corrected chi connectivity index (χ0v) is 11.3. The number of rotatable bonds is 3. The average Bonchev–Trinajstić information content (AvgIpc) is 3.22. The van der Waals surface area contributed by atoms with E-state index in [1.54, 1.807) is 0 Å². The minimum Gasteiger partial charge on any atom is -0.465 e. The standard InChI is InChI=1S/C15H20N2O2/c1-16(13-5-6-13)9-11-3-2-4-12-10-17(15(18)19)8-7-14(11)12/h2-4,13H,5-10H2,1H3,(H,18,19). The molecule has 1 heterocycles. The number of fused-ring (bicyclic) bond motifs is 1. The van der Waals surface area contributed by atoms with E-state index in [9.17, 15) is 4.79 Å². The number of carboxylic acid groups (broad SMARTS) is 1. The van der Waals surface area contributed by atoms with Crippen LogP contribution < -0.4 is 0 Å². The third kappa shape index (κ3) is 2.59. The van der Waals surface area contributed by atoms with E-state index in [-0.39, 0.29) is 0 Å². The number of carbonyl (C=O) groups is 1. The molecule has 0 radical (unpaired) electrons. The third-order valence-electron chi connectivity index (χ3n) is 4.22. The minimum absolute atomic E-state index is 0.533. The van der Waals surface area contributed by atoms with E-state index in [0.717, 1.165) is 19.0 Å². The fourth-order valence-corrected chi connectivity index (χ4v) is 2.91. The van der Waals surface area contributed by atoms with E-state index in [2.05, 4.69) is 30.1 Å². The summed E-state index contributed by atoms with van der Waals surface area (Å²) in [7, 11) is 2.18. The molecular formula is C15H20N2O2. The fourth-order valence-electron chi connectivity index (χ4n) is 2.91. The molecule has 1 aromatic carbocycles. The highest BCUT2D eigenvalue weighted by Gasteiger charge is 2.27. The Morgan fingerprint density at radius 2 is 2.26 bits per heavy atom. The lowest BCUT2D eigenvalue weighted by molar-refractivity contribution is 0.139. The Morgan fingerprint density at radius 3 is 2.95 bits per heavy atom. The van der Waals surface area contributed by atoms with Crippen molar-refractivity contribution in [1.82, 2.24) is 9.80 Å². The van der Waals surface area contributed by atoms with Crippen molar-refractivity contribution in [1.29, 1.82) is 0 Å².